The van der Waals surface area contributed by atoms with Gasteiger partial charge in [-0.15, -0.1) is 12.3 Å². The van der Waals surface area contributed by atoms with Crippen molar-refractivity contribution < 1.29 is 13.2 Å². The molecule has 7 heteroatoms. The molecule has 0 heterocycles. The number of rotatable bonds is 4. The lowest BCUT2D eigenvalue weighted by atomic mass is 10.00. The number of carbonyl (C=O) groups is 1. The Morgan fingerprint density at radius 2 is 1.95 bits per heavy atom. The molecule has 0 saturated heterocycles. The molecule has 1 aromatic rings. The summed E-state index contributed by atoms with van der Waals surface area (Å²) in [6, 6.07) is 2.90. The zero-order chi connectivity index (χ0) is 16.2. The highest BCUT2D eigenvalue weighted by molar-refractivity contribution is 7.90. The number of nitrogens with two attached hydrogens (primary N) is 2. The Morgan fingerprint density at radius 3 is 2.38 bits per heavy atom. The Morgan fingerprint density at radius 1 is 1.33 bits per heavy atom. The van der Waals surface area contributed by atoms with Gasteiger partial charge in [0.15, 0.2) is 15.8 Å². The maximum atomic E-state index is 12.0. The number of benzene rings is 1. The highest BCUT2D eigenvalue weighted by Crippen LogP contribution is 2.23. The highest BCUT2D eigenvalue weighted by atomic mass is 32.2. The molecule has 0 aliphatic heterocycles. The third kappa shape index (κ3) is 4.07. The fraction of sp³-hybridized carbons (Fsp3) is 0.286. The lowest BCUT2D eigenvalue weighted by molar-refractivity contribution is 0.100. The lowest BCUT2D eigenvalue weighted by Gasteiger charge is -2.12. The number of aryl methyl sites for hydroxylation is 1. The summed E-state index contributed by atoms with van der Waals surface area (Å²) < 4.78 is 23.7. The van der Waals surface area contributed by atoms with Crippen LogP contribution in [0.15, 0.2) is 22.0 Å². The van der Waals surface area contributed by atoms with Gasteiger partial charge in [-0.2, -0.15) is 4.99 Å². The van der Waals surface area contributed by atoms with Crippen LogP contribution in [0.5, 0.6) is 0 Å². The van der Waals surface area contributed by atoms with Crippen molar-refractivity contribution in [1.82, 2.24) is 0 Å². The second-order valence-electron chi connectivity index (χ2n) is 4.47. The van der Waals surface area contributed by atoms with E-state index in [1.807, 2.05) is 6.92 Å². The van der Waals surface area contributed by atoms with Crippen LogP contribution in [0.1, 0.15) is 28.4 Å². The Balaban J connectivity index is 3.64. The first kappa shape index (κ1) is 16.7. The first-order chi connectivity index (χ1) is 9.70. The number of aliphatic imine (C=N–C) groups is 1. The third-order valence-corrected chi connectivity index (χ3v) is 4.00. The average molecular weight is 307 g/mol. The minimum absolute atomic E-state index is 0.0202. The predicted molar refractivity (Wildman–Crippen MR) is 81.6 cm³/mol. The van der Waals surface area contributed by atoms with Crippen molar-refractivity contribution in [1.29, 1.82) is 0 Å². The van der Waals surface area contributed by atoms with E-state index in [0.29, 0.717) is 17.5 Å². The molecule has 0 aliphatic carbocycles. The van der Waals surface area contributed by atoms with E-state index in [4.69, 9.17) is 17.9 Å². The Bertz CT molecular complexity index is 739. The van der Waals surface area contributed by atoms with Gasteiger partial charge in [0.2, 0.25) is 0 Å². The van der Waals surface area contributed by atoms with Crippen molar-refractivity contribution in [2.45, 2.75) is 24.7 Å². The van der Waals surface area contributed by atoms with Gasteiger partial charge >= 0.3 is 0 Å². The summed E-state index contributed by atoms with van der Waals surface area (Å²) in [6.45, 7) is 1.83. The molecule has 0 radical (unpaired) electrons. The van der Waals surface area contributed by atoms with Crippen molar-refractivity contribution in [3.05, 3.63) is 28.8 Å². The van der Waals surface area contributed by atoms with E-state index >= 15 is 0 Å². The van der Waals surface area contributed by atoms with Gasteiger partial charge in [0.25, 0.3) is 5.91 Å². The van der Waals surface area contributed by atoms with E-state index in [0.717, 1.165) is 6.26 Å². The van der Waals surface area contributed by atoms with Crippen molar-refractivity contribution >= 4 is 21.7 Å². The average Bonchev–Trinajstić information content (AvgIpc) is 2.36. The largest absolute Gasteiger partial charge is 0.370 e. The monoisotopic (exact) mass is 307 g/mol. The van der Waals surface area contributed by atoms with Crippen LogP contribution in [0.25, 0.3) is 0 Å². The van der Waals surface area contributed by atoms with Crippen molar-refractivity contribution in [3.63, 3.8) is 0 Å². The first-order valence-corrected chi connectivity index (χ1v) is 8.03. The number of hydrogen-bond acceptors (Lipinski definition) is 3. The number of amides is 1. The Labute approximate surface area is 124 Å². The van der Waals surface area contributed by atoms with Crippen molar-refractivity contribution in [2.75, 3.05) is 6.26 Å². The summed E-state index contributed by atoms with van der Waals surface area (Å²) in [5.74, 6) is 1.36. The van der Waals surface area contributed by atoms with Crippen LogP contribution in [0.3, 0.4) is 0 Å². The minimum atomic E-state index is -3.52. The molecule has 4 N–H and O–H groups in total. The van der Waals surface area contributed by atoms with Crippen LogP contribution in [-0.4, -0.2) is 26.5 Å². The van der Waals surface area contributed by atoms with E-state index in [1.54, 1.807) is 6.07 Å². The van der Waals surface area contributed by atoms with Crippen LogP contribution >= 0.6 is 0 Å². The van der Waals surface area contributed by atoms with Gasteiger partial charge in [-0.3, -0.25) is 4.79 Å². The second-order valence-corrected chi connectivity index (χ2v) is 6.45. The number of sulfone groups is 1. The molecule has 0 fully saturated rings. The molecule has 0 atom stereocenters. The quantitative estimate of drug-likeness (QED) is 0.469. The van der Waals surface area contributed by atoms with Crippen LogP contribution in [0, 0.1) is 12.3 Å². The van der Waals surface area contributed by atoms with Gasteiger partial charge in [0, 0.05) is 18.2 Å². The topological polar surface area (TPSA) is 116 Å². The molecule has 0 aliphatic rings. The van der Waals surface area contributed by atoms with Crippen LogP contribution in [0.2, 0.25) is 0 Å². The first-order valence-electron chi connectivity index (χ1n) is 6.14. The number of nitrogens with zero attached hydrogens (tertiary/aromatic N) is 1. The van der Waals surface area contributed by atoms with Crippen molar-refractivity contribution in [2.24, 2.45) is 16.5 Å². The molecule has 6 nitrogen and oxygen atoms in total. The summed E-state index contributed by atoms with van der Waals surface area (Å²) in [5.41, 5.74) is 11.7. The zero-order valence-electron chi connectivity index (χ0n) is 11.9. The fourth-order valence-electron chi connectivity index (χ4n) is 1.94. The number of carbonyl (C=O) groups excluding carboxylic acids is 1. The van der Waals surface area contributed by atoms with Gasteiger partial charge in [0.05, 0.1) is 4.90 Å². The Hall–Kier alpha value is -2.33. The molecule has 0 aromatic heterocycles. The zero-order valence-corrected chi connectivity index (χ0v) is 12.7. The second kappa shape index (κ2) is 6.41. The number of hydrogen-bond donors (Lipinski definition) is 2. The van der Waals surface area contributed by atoms with Gasteiger partial charge in [0.1, 0.15) is 0 Å². The molecule has 0 spiro atoms. The molecule has 1 amide bonds. The van der Waals surface area contributed by atoms with Gasteiger partial charge in [-0.25, -0.2) is 8.42 Å². The molecule has 0 unspecified atom stereocenters. The molecule has 0 bridgehead atoms. The van der Waals surface area contributed by atoms with Gasteiger partial charge in [-0.05, 0) is 23.6 Å². The van der Waals surface area contributed by atoms with E-state index in [2.05, 4.69) is 10.9 Å². The Kier molecular flexibility index (Phi) is 5.11. The molecule has 112 valence electrons. The molecular weight excluding hydrogens is 290 g/mol. The van der Waals surface area contributed by atoms with E-state index < -0.39 is 15.7 Å². The smallest absolute Gasteiger partial charge is 0.280 e. The van der Waals surface area contributed by atoms with E-state index in [9.17, 15) is 13.2 Å². The predicted octanol–water partition coefficient (Wildman–Crippen LogP) is 0.242. The maximum Gasteiger partial charge on any atom is 0.280 e. The van der Waals surface area contributed by atoms with Crippen LogP contribution in [-0.2, 0) is 22.7 Å². The number of guanidine groups is 1. The normalized spacial score (nSPS) is 10.7. The lowest BCUT2D eigenvalue weighted by Crippen LogP contribution is -2.24. The molecule has 0 saturated carbocycles. The molecular formula is C14H17N3O3S. The molecule has 21 heavy (non-hydrogen) atoms. The van der Waals surface area contributed by atoms with Gasteiger partial charge < -0.3 is 11.5 Å². The third-order valence-electron chi connectivity index (χ3n) is 2.82. The summed E-state index contributed by atoms with van der Waals surface area (Å²) in [4.78, 5) is 15.5. The highest BCUT2D eigenvalue weighted by Gasteiger charge is 2.19. The van der Waals surface area contributed by atoms with Gasteiger partial charge in [-0.1, -0.05) is 13.0 Å². The fourth-order valence-corrected chi connectivity index (χ4v) is 2.88. The minimum Gasteiger partial charge on any atom is -0.370 e. The van der Waals surface area contributed by atoms with Crippen LogP contribution < -0.4 is 11.5 Å². The summed E-state index contributed by atoms with van der Waals surface area (Å²) in [6.07, 6.45) is 7.00. The number of terminal acetylenes is 1. The SMILES string of the molecule is C#CCc1cc(CC)c(C(=O)N=C(N)N)cc1S(C)(=O)=O. The molecule has 1 aromatic carbocycles. The summed E-state index contributed by atoms with van der Waals surface area (Å²) >= 11 is 0. The standard InChI is InChI=1S/C14H17N3O3S/c1-4-6-10-7-9(5-2)11(13(18)17-14(15)16)8-12(10)21(3,19)20/h1,7-8H,5-6H2,2-3H3,(H4,15,16,17,18). The maximum absolute atomic E-state index is 12.0. The molecule has 1 rings (SSSR count). The van der Waals surface area contributed by atoms with Crippen LogP contribution in [0.4, 0.5) is 0 Å². The van der Waals surface area contributed by atoms with E-state index in [1.165, 1.54) is 6.07 Å². The summed E-state index contributed by atoms with van der Waals surface area (Å²) in [5, 5.41) is 0. The summed E-state index contributed by atoms with van der Waals surface area (Å²) in [7, 11) is -3.52. The van der Waals surface area contributed by atoms with Crippen molar-refractivity contribution in [3.8, 4) is 12.3 Å². The van der Waals surface area contributed by atoms with E-state index in [-0.39, 0.29) is 22.8 Å².